The maximum absolute atomic E-state index is 13.7. The average molecular weight is 1730 g/mol. The van der Waals surface area contributed by atoms with E-state index >= 15 is 0 Å². The Morgan fingerprint density at radius 1 is 0.413 bits per heavy atom. The molecule has 3 N–H and O–H groups in total. The molecule has 4 fully saturated rings. The van der Waals surface area contributed by atoms with E-state index in [1.807, 2.05) is 44.3 Å². The smallest absolute Gasteiger partial charge is 0.494 e. The van der Waals surface area contributed by atoms with Gasteiger partial charge in [0.2, 0.25) is 0 Å². The second-order valence-corrected chi connectivity index (χ2v) is 37.6. The summed E-state index contributed by atoms with van der Waals surface area (Å²) in [5.41, 5.74) is 19.1. The number of pyridine rings is 3. The molecule has 121 heavy (non-hydrogen) atoms. The Bertz CT molecular complexity index is 6030. The van der Waals surface area contributed by atoms with Gasteiger partial charge in [0, 0.05) is 180 Å². The van der Waals surface area contributed by atoms with Gasteiger partial charge in [-0.1, -0.05) is 158 Å². The van der Waals surface area contributed by atoms with Crippen molar-refractivity contribution in [2.75, 3.05) is 99.7 Å². The van der Waals surface area contributed by atoms with Crippen molar-refractivity contribution in [3.63, 3.8) is 0 Å². The number of aryl methyl sites for hydroxylation is 2. The minimum atomic E-state index is -3.88. The number of aromatic nitrogens is 5. The fourth-order valence-corrected chi connectivity index (χ4v) is 18.5. The van der Waals surface area contributed by atoms with E-state index in [0.717, 1.165) is 181 Å². The fraction of sp³-hybridized carbons (Fsp3) is 0.289. The molecule has 0 spiro atoms. The highest BCUT2D eigenvalue weighted by Crippen LogP contribution is 2.41. The van der Waals surface area contributed by atoms with Crippen LogP contribution in [0.15, 0.2) is 264 Å². The quantitative estimate of drug-likeness (QED) is 0.0767. The molecular formula is C97H109BBrN11O9S2. The molecule has 1 aliphatic carbocycles. The number of phenolic OH excluding ortho intramolecular Hbond substituents is 3. The van der Waals surface area contributed by atoms with Gasteiger partial charge in [0.15, 0.2) is 11.3 Å². The third-order valence-corrected chi connectivity index (χ3v) is 27.5. The van der Waals surface area contributed by atoms with Gasteiger partial charge in [-0.25, -0.2) is 34.7 Å². The number of aromatic hydroxyl groups is 3. The largest absolute Gasteiger partial charge is 0.508 e. The van der Waals surface area contributed by atoms with Gasteiger partial charge < -0.3 is 39.3 Å². The van der Waals surface area contributed by atoms with Crippen LogP contribution in [0.3, 0.4) is 0 Å². The highest BCUT2D eigenvalue weighted by molar-refractivity contribution is 9.10. The number of nitrogens with zero attached hydrogens (tertiary/aromatic N) is 11. The maximum Gasteiger partial charge on any atom is 0.494 e. The van der Waals surface area contributed by atoms with Crippen LogP contribution in [0.2, 0.25) is 0 Å². The van der Waals surface area contributed by atoms with Crippen molar-refractivity contribution in [3.8, 4) is 61.8 Å². The van der Waals surface area contributed by atoms with Crippen molar-refractivity contribution in [2.45, 2.75) is 96.0 Å². The number of benzene rings is 8. The lowest BCUT2D eigenvalue weighted by Crippen LogP contribution is -2.43. The van der Waals surface area contributed by atoms with E-state index < -0.39 is 20.0 Å². The SMILES string of the molecule is C.CN1CCN(Cc2ccc(-c3cnc4c(c3)C(c3ccc(O)cc3)=CC4)cc2)CC1.CN1CCN(Cc2ccc(B3OC(C)(C)C(C)(C)O3)cc2)CC1.Cc1ccc(S(=O)(=O)n2cc(-c3ccc(O)cc3)c3cc(-c4ccc(CN5CCN(C)CC5)cc4)cnc32)cc1.Cc1ccc(S(=O)(=O)n2cc(-c3ccc(O)cc3)c3cc(Br)cnc32)cc1.[2HH]. The molecule has 9 heterocycles. The summed E-state index contributed by atoms with van der Waals surface area (Å²) in [7, 11) is -1.40. The molecule has 18 rings (SSSR count). The molecule has 0 atom stereocenters. The first kappa shape index (κ1) is 86.9. The Kier molecular flexibility index (Phi) is 26.6. The molecular weight excluding hydrogens is 1620 g/mol. The Hall–Kier alpha value is -10.4. The summed E-state index contributed by atoms with van der Waals surface area (Å²) in [4.78, 5) is 28.8. The first-order chi connectivity index (χ1) is 57.6. The zero-order valence-electron chi connectivity index (χ0n) is 69.5. The van der Waals surface area contributed by atoms with Crippen molar-refractivity contribution < 1.29 is 42.9 Å². The summed E-state index contributed by atoms with van der Waals surface area (Å²) in [6.45, 7) is 28.7. The minimum absolute atomic E-state index is 0. The molecule has 0 bridgehead atoms. The number of piperazine rings is 3. The van der Waals surface area contributed by atoms with Crippen molar-refractivity contribution in [2.24, 2.45) is 0 Å². The first-order valence-electron chi connectivity index (χ1n) is 40.8. The Labute approximate surface area is 722 Å². The number of fused-ring (bicyclic) bond motifs is 3. The Balaban J connectivity index is 0.000000142. The summed E-state index contributed by atoms with van der Waals surface area (Å²) in [6.07, 6.45) is 11.6. The predicted octanol–water partition coefficient (Wildman–Crippen LogP) is 16.9. The van der Waals surface area contributed by atoms with Gasteiger partial charge in [-0.3, -0.25) is 19.7 Å². The lowest BCUT2D eigenvalue weighted by Gasteiger charge is -2.32. The van der Waals surface area contributed by atoms with Gasteiger partial charge in [0.1, 0.15) is 17.2 Å². The standard InChI is InChI=1S/C32H32N4O3S.C26H27N3O.C20H15BrN2O3S.C18H29BN2O2.CH4.H2/c1-23-3-13-29(14-4-23)40(38,39)36-22-31(26-9-11-28(37)12-10-26)30-19-27(20-33-32(30)36)25-7-5-24(6-8-25)21-35-17-15-34(2)16-18-35;1-28-12-14-29(15-13-28)18-19-2-4-20(5-3-19)22-16-25-24(10-11-26(25)27-17-22)21-6-8-23(30)9-7-21;1-13-2-8-17(9-3-13)27(25,26)23-12-19(14-4-6-16(24)7-5-14)18-10-15(21)11-22-20(18)23;1-17(2)18(3,4)23-19(22-17)16-8-6-15(7-9-16)14-21-12-10-20(5)11-13-21;;/h3-14,19-20,22,37H,15-18,21H2,1-2H3;2-10,16-17,30H,11-15,18H2,1H3;2-12,24H,1H3;6-9H,10-14H2,1-5H3;1H4;1H/i;;;;;1+1. The van der Waals surface area contributed by atoms with Gasteiger partial charge in [0.25, 0.3) is 20.0 Å². The zero-order chi connectivity index (χ0) is 84.2. The van der Waals surface area contributed by atoms with E-state index in [1.54, 1.807) is 134 Å². The molecule has 4 aliphatic heterocycles. The summed E-state index contributed by atoms with van der Waals surface area (Å²) in [5, 5.41) is 30.4. The molecule has 5 aromatic heterocycles. The number of hydrogen-bond donors (Lipinski definition) is 3. The molecule has 0 unspecified atom stereocenters. The second kappa shape index (κ2) is 37.1. The van der Waals surface area contributed by atoms with Gasteiger partial charge in [-0.2, -0.15) is 0 Å². The van der Waals surface area contributed by atoms with Crippen molar-refractivity contribution in [1.82, 2.24) is 52.3 Å². The predicted molar refractivity (Wildman–Crippen MR) is 492 cm³/mol. The van der Waals surface area contributed by atoms with Crippen molar-refractivity contribution in [3.05, 3.63) is 298 Å². The van der Waals surface area contributed by atoms with Gasteiger partial charge in [0.05, 0.1) is 26.7 Å². The number of allylic oxidation sites excluding steroid dienone is 1. The van der Waals surface area contributed by atoms with Crippen LogP contribution in [0.4, 0.5) is 0 Å². The number of halogens is 1. The van der Waals surface area contributed by atoms with E-state index in [1.165, 1.54) is 41.3 Å². The Morgan fingerprint density at radius 3 is 1.17 bits per heavy atom. The highest BCUT2D eigenvalue weighted by Gasteiger charge is 2.51. The van der Waals surface area contributed by atoms with Crippen LogP contribution in [0.1, 0.15) is 81.2 Å². The minimum Gasteiger partial charge on any atom is -0.508 e. The highest BCUT2D eigenvalue weighted by atomic mass is 79.9. The van der Waals surface area contributed by atoms with E-state index in [0.29, 0.717) is 22.4 Å². The lowest BCUT2D eigenvalue weighted by molar-refractivity contribution is 0.00578. The number of hydrogen-bond acceptors (Lipinski definition) is 18. The molecule has 24 heteroatoms. The van der Waals surface area contributed by atoms with E-state index in [4.69, 9.17) is 14.3 Å². The Morgan fingerprint density at radius 2 is 0.760 bits per heavy atom. The van der Waals surface area contributed by atoms with Crippen LogP contribution in [0, 0.1) is 13.8 Å². The molecule has 20 nitrogen and oxygen atoms in total. The lowest BCUT2D eigenvalue weighted by atomic mass is 9.79. The van der Waals surface area contributed by atoms with Crippen molar-refractivity contribution >= 4 is 76.2 Å². The van der Waals surface area contributed by atoms with Crippen LogP contribution in [-0.2, 0) is 55.4 Å². The number of likely N-dealkylation sites (N-methyl/N-ethyl adjacent to an activating group) is 3. The topological polar surface area (TPSA) is 215 Å². The molecule has 5 aliphatic rings. The third kappa shape index (κ3) is 20.2. The van der Waals surface area contributed by atoms with Crippen LogP contribution < -0.4 is 5.46 Å². The van der Waals surface area contributed by atoms with Crippen LogP contribution >= 0.6 is 15.9 Å². The monoisotopic (exact) mass is 1730 g/mol. The van der Waals surface area contributed by atoms with Gasteiger partial charge >= 0.3 is 7.12 Å². The molecule has 0 radical (unpaired) electrons. The molecule has 628 valence electrons. The van der Waals surface area contributed by atoms with E-state index in [2.05, 4.69) is 189 Å². The fourth-order valence-electron chi connectivity index (χ4n) is 15.5. The molecule has 0 saturated carbocycles. The molecule has 13 aromatic rings. The summed E-state index contributed by atoms with van der Waals surface area (Å²) in [6, 6.07) is 66.6. The zero-order valence-corrected chi connectivity index (χ0v) is 72.7. The first-order valence-corrected chi connectivity index (χ1v) is 44.5. The number of rotatable bonds is 16. The van der Waals surface area contributed by atoms with Gasteiger partial charge in [-0.05, 0) is 213 Å². The summed E-state index contributed by atoms with van der Waals surface area (Å²) >= 11 is 3.40. The summed E-state index contributed by atoms with van der Waals surface area (Å²) < 4.78 is 69.3. The van der Waals surface area contributed by atoms with Gasteiger partial charge in [-0.15, -0.1) is 0 Å². The van der Waals surface area contributed by atoms with Crippen LogP contribution in [0.5, 0.6) is 17.2 Å². The summed E-state index contributed by atoms with van der Waals surface area (Å²) in [5.74, 6) is 0.588. The maximum atomic E-state index is 13.7. The van der Waals surface area contributed by atoms with Crippen molar-refractivity contribution in [1.29, 1.82) is 0 Å². The van der Waals surface area contributed by atoms with Crippen LogP contribution in [0.25, 0.3) is 72.1 Å². The van der Waals surface area contributed by atoms with E-state index in [-0.39, 0.29) is 48.5 Å². The number of phenols is 3. The molecule has 8 aromatic carbocycles. The second-order valence-electron chi connectivity index (χ2n) is 33.1. The normalized spacial score (nSPS) is 16.6. The molecule has 0 amide bonds. The third-order valence-electron chi connectivity index (χ3n) is 23.7. The average Bonchev–Trinajstić information content (AvgIpc) is 1.59. The van der Waals surface area contributed by atoms with Crippen LogP contribution in [-0.4, -0.2) is 202 Å². The molecule has 4 saturated heterocycles. The van der Waals surface area contributed by atoms with E-state index in [9.17, 15) is 32.2 Å².